The van der Waals surface area contributed by atoms with E-state index >= 15 is 0 Å². The maximum atomic E-state index is 13.2. The fraction of sp³-hybridized carbons (Fsp3) is 0.560. The third-order valence-electron chi connectivity index (χ3n) is 5.75. The van der Waals surface area contributed by atoms with Gasteiger partial charge in [0.15, 0.2) is 12.2 Å². The Morgan fingerprint density at radius 1 is 1.11 bits per heavy atom. The zero-order valence-electron chi connectivity index (χ0n) is 21.9. The highest BCUT2D eigenvalue weighted by Crippen LogP contribution is 2.24. The number of hydrogen-bond donors (Lipinski definition) is 3. The molecular weight excluding hydrogens is 518 g/mol. The molecule has 0 saturated carbocycles. The van der Waals surface area contributed by atoms with Crippen LogP contribution < -0.4 is 5.32 Å². The van der Waals surface area contributed by atoms with Gasteiger partial charge < -0.3 is 19.7 Å². The zero-order chi connectivity index (χ0) is 28.3. The van der Waals surface area contributed by atoms with E-state index in [-0.39, 0.29) is 18.4 Å². The van der Waals surface area contributed by atoms with Crippen molar-refractivity contribution in [3.8, 4) is 0 Å². The zero-order valence-corrected chi connectivity index (χ0v) is 22.7. The highest BCUT2D eigenvalue weighted by molar-refractivity contribution is 7.79. The van der Waals surface area contributed by atoms with Crippen LogP contribution in [0.15, 0.2) is 36.4 Å². The van der Waals surface area contributed by atoms with Gasteiger partial charge in [0.1, 0.15) is 6.04 Å². The summed E-state index contributed by atoms with van der Waals surface area (Å²) in [6.45, 7) is 9.59. The third kappa shape index (κ3) is 11.7. The smallest absolute Gasteiger partial charge is 0.394 e. The van der Waals surface area contributed by atoms with Crippen molar-refractivity contribution in [2.45, 2.75) is 45.4 Å². The number of nitrogens with zero attached hydrogens (tertiary/aromatic N) is 2. The Bertz CT molecular complexity index is 1050. The van der Waals surface area contributed by atoms with Gasteiger partial charge in [0, 0.05) is 32.7 Å². The van der Waals surface area contributed by atoms with Crippen LogP contribution in [-0.4, -0.2) is 103 Å². The lowest BCUT2D eigenvalue weighted by Crippen LogP contribution is -2.55. The van der Waals surface area contributed by atoms with Crippen molar-refractivity contribution >= 4 is 34.3 Å². The summed E-state index contributed by atoms with van der Waals surface area (Å²) < 4.78 is 41.7. The Hall–Kier alpha value is -2.84. The van der Waals surface area contributed by atoms with Crippen LogP contribution in [-0.2, 0) is 34.3 Å². The molecule has 0 bridgehead atoms. The van der Waals surface area contributed by atoms with E-state index in [1.807, 2.05) is 36.9 Å². The maximum absolute atomic E-state index is 13.2. The van der Waals surface area contributed by atoms with Gasteiger partial charge in [0.25, 0.3) is 5.91 Å². The number of hydrogen-bond acceptors (Lipinski definition) is 8. The van der Waals surface area contributed by atoms with Crippen LogP contribution in [0.3, 0.4) is 0 Å². The second-order valence-corrected chi connectivity index (χ2v) is 10.2. The van der Waals surface area contributed by atoms with Gasteiger partial charge >= 0.3 is 16.4 Å². The summed E-state index contributed by atoms with van der Waals surface area (Å²) in [6, 6.07) is 9.54. The number of piperazine rings is 1. The fourth-order valence-electron chi connectivity index (χ4n) is 3.94. The van der Waals surface area contributed by atoms with Crippen molar-refractivity contribution in [1.82, 2.24) is 15.1 Å². The molecule has 13 heteroatoms. The summed E-state index contributed by atoms with van der Waals surface area (Å²) in [5, 5.41) is 2.81. The number of esters is 1. The molecule has 3 N–H and O–H groups in total. The van der Waals surface area contributed by atoms with E-state index in [1.165, 1.54) is 5.56 Å². The molecule has 0 aromatic heterocycles. The van der Waals surface area contributed by atoms with Crippen LogP contribution in [0.25, 0.3) is 6.08 Å². The number of benzene rings is 1. The van der Waals surface area contributed by atoms with Crippen molar-refractivity contribution in [1.29, 1.82) is 0 Å². The molecule has 38 heavy (non-hydrogen) atoms. The van der Waals surface area contributed by atoms with Crippen molar-refractivity contribution in [3.63, 3.8) is 0 Å². The van der Waals surface area contributed by atoms with Gasteiger partial charge in [0.2, 0.25) is 5.91 Å². The summed E-state index contributed by atoms with van der Waals surface area (Å²) in [6.07, 6.45) is 3.04. The van der Waals surface area contributed by atoms with E-state index in [0.717, 1.165) is 19.6 Å². The SMILES string of the molecule is CCOC(=O)[C@@H]1O[C@H]1C(=O)N[C@@H](CC(C)C)C(=O)N1CCN(C/C=C/c2ccccc2)CC1.O=S(=O)(O)O. The molecule has 2 aliphatic heterocycles. The largest absolute Gasteiger partial charge is 0.464 e. The maximum Gasteiger partial charge on any atom is 0.394 e. The molecule has 2 aliphatic rings. The normalized spacial score (nSPS) is 20.4. The molecule has 0 radical (unpaired) electrons. The number of amides is 2. The van der Waals surface area contributed by atoms with Crippen LogP contribution in [0.4, 0.5) is 0 Å². The molecule has 0 spiro atoms. The van der Waals surface area contributed by atoms with Crippen LogP contribution in [0, 0.1) is 5.92 Å². The minimum atomic E-state index is -4.67. The number of carbonyl (C=O) groups excluding carboxylic acids is 3. The molecule has 2 saturated heterocycles. The lowest BCUT2D eigenvalue weighted by molar-refractivity contribution is -0.144. The Kier molecular flexibility index (Phi) is 12.3. The highest BCUT2D eigenvalue weighted by Gasteiger charge is 2.52. The molecule has 2 amide bonds. The average molecular weight is 556 g/mol. The number of rotatable bonds is 10. The Balaban J connectivity index is 0.000000926. The van der Waals surface area contributed by atoms with Gasteiger partial charge in [-0.1, -0.05) is 56.3 Å². The monoisotopic (exact) mass is 555 g/mol. The highest BCUT2D eigenvalue weighted by atomic mass is 32.3. The van der Waals surface area contributed by atoms with E-state index < -0.39 is 40.5 Å². The van der Waals surface area contributed by atoms with Gasteiger partial charge in [0.05, 0.1) is 6.61 Å². The topological polar surface area (TPSA) is 166 Å². The summed E-state index contributed by atoms with van der Waals surface area (Å²) in [4.78, 5) is 41.6. The number of nitrogens with one attached hydrogen (secondary N) is 1. The molecule has 3 rings (SSSR count). The van der Waals surface area contributed by atoms with Crippen molar-refractivity contribution in [2.75, 3.05) is 39.3 Å². The number of ether oxygens (including phenoxy) is 2. The molecule has 1 aromatic carbocycles. The first-order valence-electron chi connectivity index (χ1n) is 12.4. The van der Waals surface area contributed by atoms with Crippen LogP contribution in [0.1, 0.15) is 32.8 Å². The number of epoxide rings is 1. The predicted octanol–water partition coefficient (Wildman–Crippen LogP) is 1.05. The molecule has 12 nitrogen and oxygen atoms in total. The minimum absolute atomic E-state index is 0.0788. The average Bonchev–Trinajstić information content (AvgIpc) is 3.65. The van der Waals surface area contributed by atoms with Crippen LogP contribution in [0.5, 0.6) is 0 Å². The van der Waals surface area contributed by atoms with Gasteiger partial charge in [-0.15, -0.1) is 0 Å². The summed E-state index contributed by atoms with van der Waals surface area (Å²) in [7, 11) is -4.67. The second-order valence-electron chi connectivity index (χ2n) is 9.31. The van der Waals surface area contributed by atoms with E-state index in [1.54, 1.807) is 6.92 Å². The summed E-state index contributed by atoms with van der Waals surface area (Å²) >= 11 is 0. The van der Waals surface area contributed by atoms with E-state index in [0.29, 0.717) is 19.5 Å². The molecule has 2 heterocycles. The molecular formula is C25H37N3O9S. The van der Waals surface area contributed by atoms with Gasteiger partial charge in [-0.3, -0.25) is 23.6 Å². The first-order chi connectivity index (χ1) is 17.9. The summed E-state index contributed by atoms with van der Waals surface area (Å²) in [5.41, 5.74) is 1.17. The molecule has 1 aromatic rings. The van der Waals surface area contributed by atoms with E-state index in [9.17, 15) is 14.4 Å². The van der Waals surface area contributed by atoms with Gasteiger partial charge in [-0.2, -0.15) is 8.42 Å². The number of carbonyl (C=O) groups is 3. The lowest BCUT2D eigenvalue weighted by Gasteiger charge is -2.36. The first-order valence-corrected chi connectivity index (χ1v) is 13.8. The van der Waals surface area contributed by atoms with Gasteiger partial charge in [-0.05, 0) is 24.8 Å². The quantitative estimate of drug-likeness (QED) is 0.216. The summed E-state index contributed by atoms with van der Waals surface area (Å²) in [5.74, 6) is -0.826. The van der Waals surface area contributed by atoms with E-state index in [4.69, 9.17) is 27.0 Å². The Morgan fingerprint density at radius 3 is 2.26 bits per heavy atom. The van der Waals surface area contributed by atoms with E-state index in [2.05, 4.69) is 34.5 Å². The predicted molar refractivity (Wildman–Crippen MR) is 139 cm³/mol. The van der Waals surface area contributed by atoms with Crippen molar-refractivity contribution in [2.24, 2.45) is 5.92 Å². The minimum Gasteiger partial charge on any atom is -0.464 e. The van der Waals surface area contributed by atoms with Crippen LogP contribution in [0.2, 0.25) is 0 Å². The second kappa shape index (κ2) is 14.9. The Labute approximate surface area is 223 Å². The standard InChI is InChI=1S/C25H35N3O5.H2O4S/c1-4-32-25(31)22-21(33-22)23(29)26-20(17-18(2)3)24(30)28-15-13-27(14-16-28)12-8-11-19-9-6-5-7-10-19;1-5(2,3)4/h5-11,18,20-22H,4,12-17H2,1-3H3,(H,26,29);(H2,1,2,3,4)/b11-8+;/t20-,21+,22+;/m0./s1. The molecule has 0 aliphatic carbocycles. The fourth-order valence-corrected chi connectivity index (χ4v) is 3.94. The molecule has 2 fully saturated rings. The molecule has 3 atom stereocenters. The third-order valence-corrected chi connectivity index (χ3v) is 5.75. The van der Waals surface area contributed by atoms with Gasteiger partial charge in [-0.25, -0.2) is 4.79 Å². The lowest BCUT2D eigenvalue weighted by atomic mass is 10.0. The Morgan fingerprint density at radius 2 is 1.71 bits per heavy atom. The molecule has 212 valence electrons. The van der Waals surface area contributed by atoms with Crippen LogP contribution >= 0.6 is 0 Å². The molecule has 0 unspecified atom stereocenters. The first kappa shape index (κ1) is 31.4. The van der Waals surface area contributed by atoms with Crippen molar-refractivity contribution < 1.29 is 41.4 Å². The van der Waals surface area contributed by atoms with Crippen molar-refractivity contribution in [3.05, 3.63) is 42.0 Å².